The van der Waals surface area contributed by atoms with Gasteiger partial charge in [0, 0.05) is 36.4 Å². The molecule has 13 amide bonds. The normalized spacial score (nSPS) is 15.2. The fraction of sp³-hybridized carbons (Fsp3) is 0.547. The minimum atomic E-state index is -2.02. The number of nitrogens with one attached hydrogen (secondary N) is 14. The van der Waals surface area contributed by atoms with Gasteiger partial charge in [-0.15, -0.1) is 0 Å². The third-order valence-electron chi connectivity index (χ3n) is 18.4. The minimum Gasteiger partial charge on any atom is -0.508 e. The standard InChI is InChI=1S/C75H114N18O23/c1-39(2)29-52(88-74(114)61(79)40(3)98)67(107)85-53(30-42-18-22-45(100)23-19-42)68(108)86-54(31-43-20-24-46(101)25-21-43)69(109)87-55(32-44-33-80-48-14-6-5-13-47(44)48)70(110)84-50(16-8-11-27-77)65(105)90-57(36-95)72(112)92-59(38-97)73(113)91-58(37-96)71(111)89-56(35-94)63(103)81-34-60(102)82-49(15-7-10-26-76)64(104)83-51(17-9-12-28-78)66(106)93-62(41(4)99)75(115)116/h5-6,13-14,18-25,33,39-41,49-59,61-62,80,94-101H,7-12,15-17,26-32,34-38,76-79H2,1-4H3,(H,81,103)(H,82,102)(H,83,104)(H,84,110)(H,85,107)(H,86,108)(H,87,109)(H,88,114)(H,89,111)(H,90,105)(H,91,113)(H,92,112)(H,93,106)(H,115,116)/t40?,41?,49-,50-,51-,52-,53-,54-,55-,56-,57-,58-,59-,61-,62-/m0/s1. The number of carbonyl (C=O) groups is 14. The molecule has 116 heavy (non-hydrogen) atoms. The number of carboxylic acid groups (broad SMARTS) is 1. The number of nitrogens with two attached hydrogens (primary N) is 4. The van der Waals surface area contributed by atoms with Gasteiger partial charge in [-0.25, -0.2) is 4.79 Å². The molecular weight excluding hydrogens is 1520 g/mol. The van der Waals surface area contributed by atoms with Gasteiger partial charge in [0.15, 0.2) is 6.04 Å². The van der Waals surface area contributed by atoms with Crippen molar-refractivity contribution in [3.05, 3.63) is 95.7 Å². The van der Waals surface area contributed by atoms with Gasteiger partial charge in [0.2, 0.25) is 76.8 Å². The molecule has 0 aliphatic rings. The zero-order valence-corrected chi connectivity index (χ0v) is 65.1. The van der Waals surface area contributed by atoms with E-state index in [1.54, 1.807) is 44.3 Å². The summed E-state index contributed by atoms with van der Waals surface area (Å²) in [6.07, 6.45) is -0.609. The Labute approximate surface area is 668 Å². The van der Waals surface area contributed by atoms with Crippen molar-refractivity contribution in [2.24, 2.45) is 28.9 Å². The summed E-state index contributed by atoms with van der Waals surface area (Å²) in [4.78, 5) is 196. The lowest BCUT2D eigenvalue weighted by molar-refractivity contribution is -0.145. The number of fused-ring (bicyclic) bond motifs is 1. The van der Waals surface area contributed by atoms with Gasteiger partial charge in [0.1, 0.15) is 84.0 Å². The molecule has 41 heteroatoms. The van der Waals surface area contributed by atoms with Crippen LogP contribution in [0, 0.1) is 5.92 Å². The first-order valence-electron chi connectivity index (χ1n) is 38.0. The number of carbonyl (C=O) groups excluding carboxylic acids is 13. The van der Waals surface area contributed by atoms with Crippen molar-refractivity contribution in [3.8, 4) is 11.5 Å². The molecule has 4 aromatic rings. The van der Waals surface area contributed by atoms with E-state index in [9.17, 15) is 103 Å². The first-order valence-corrected chi connectivity index (χ1v) is 38.0. The number of aliphatic hydroxyl groups excluding tert-OH is 6. The van der Waals surface area contributed by atoms with Crippen molar-refractivity contribution in [1.29, 1.82) is 0 Å². The largest absolute Gasteiger partial charge is 0.508 e. The fourth-order valence-corrected chi connectivity index (χ4v) is 11.8. The Balaban J connectivity index is 1.55. The third kappa shape index (κ3) is 32.7. The Morgan fingerprint density at radius 1 is 0.388 bits per heavy atom. The van der Waals surface area contributed by atoms with Crippen LogP contribution in [-0.2, 0) is 86.4 Å². The van der Waals surface area contributed by atoms with Crippen LogP contribution in [0.15, 0.2) is 79.0 Å². The summed E-state index contributed by atoms with van der Waals surface area (Å²) in [7, 11) is 0. The van der Waals surface area contributed by atoms with Gasteiger partial charge in [-0.2, -0.15) is 0 Å². The first kappa shape index (κ1) is 97.3. The SMILES string of the molecule is CC(C)C[C@H](NC(=O)[C@@H](N)C(C)O)C(=O)N[C@@H](Cc1ccc(O)cc1)C(=O)N[C@@H](Cc1ccc(O)cc1)C(=O)N[C@@H](Cc1c[nH]c2ccccc12)C(=O)N[C@@H](CCCCN)C(=O)N[C@@H](CO)C(=O)N[C@@H](CO)C(=O)N[C@@H](CO)C(=O)N[C@@H](CO)C(=O)NCC(=O)N[C@@H](CCCCN)C(=O)N[C@@H](CCCCN)C(=O)N[C@H](C(=O)O)C(C)O. The Morgan fingerprint density at radius 3 is 1.10 bits per heavy atom. The predicted molar refractivity (Wildman–Crippen MR) is 417 cm³/mol. The number of unbranched alkanes of at least 4 members (excludes halogenated alkanes) is 3. The summed E-state index contributed by atoms with van der Waals surface area (Å²) in [5.74, 6) is -16.0. The highest BCUT2D eigenvalue weighted by Gasteiger charge is 2.38. The van der Waals surface area contributed by atoms with E-state index in [2.05, 4.69) is 74.1 Å². The van der Waals surface area contributed by atoms with Gasteiger partial charge in [-0.1, -0.05) is 56.3 Å². The number of aromatic hydroxyl groups is 2. The average Bonchev–Trinajstić information content (AvgIpc) is 1.67. The molecule has 2 unspecified atom stereocenters. The van der Waals surface area contributed by atoms with E-state index in [4.69, 9.17) is 22.9 Å². The van der Waals surface area contributed by atoms with Crippen LogP contribution in [0.2, 0.25) is 0 Å². The van der Waals surface area contributed by atoms with E-state index in [1.165, 1.54) is 55.5 Å². The molecule has 0 spiro atoms. The molecule has 0 radical (unpaired) electrons. The molecule has 0 saturated heterocycles. The molecule has 0 saturated carbocycles. The van der Waals surface area contributed by atoms with E-state index in [0.717, 1.165) is 6.92 Å². The molecule has 41 nitrogen and oxygen atoms in total. The number of rotatable bonds is 53. The van der Waals surface area contributed by atoms with Crippen molar-refractivity contribution < 1.29 is 113 Å². The maximum Gasteiger partial charge on any atom is 0.328 e. The lowest BCUT2D eigenvalue weighted by Gasteiger charge is -2.28. The van der Waals surface area contributed by atoms with Crippen LogP contribution in [0.1, 0.15) is 109 Å². The highest BCUT2D eigenvalue weighted by Crippen LogP contribution is 2.21. The molecule has 31 N–H and O–H groups in total. The molecule has 0 aliphatic carbocycles. The van der Waals surface area contributed by atoms with Crippen LogP contribution in [-0.4, -0.2) is 277 Å². The van der Waals surface area contributed by atoms with Gasteiger partial charge in [0.25, 0.3) is 0 Å². The Kier molecular flexibility index (Phi) is 42.3. The van der Waals surface area contributed by atoms with Gasteiger partial charge in [-0.3, -0.25) is 62.3 Å². The summed E-state index contributed by atoms with van der Waals surface area (Å²) >= 11 is 0. The number of H-pyrrole nitrogens is 1. The number of aliphatic carboxylic acids is 1. The Bertz CT molecular complexity index is 3890. The monoisotopic (exact) mass is 1630 g/mol. The number of hydrogen-bond donors (Lipinski definition) is 27. The molecule has 1 heterocycles. The van der Waals surface area contributed by atoms with Crippen molar-refractivity contribution in [2.45, 2.75) is 202 Å². The summed E-state index contributed by atoms with van der Waals surface area (Å²) in [5, 5.41) is 123. The smallest absolute Gasteiger partial charge is 0.328 e. The number of phenols is 2. The lowest BCUT2D eigenvalue weighted by atomic mass is 9.99. The molecule has 3 aromatic carbocycles. The number of benzene rings is 3. The molecule has 642 valence electrons. The number of aliphatic hydroxyl groups is 6. The summed E-state index contributed by atoms with van der Waals surface area (Å²) < 4.78 is 0. The maximum atomic E-state index is 15.1. The first-order chi connectivity index (χ1) is 55.1. The Hall–Kier alpha value is -11.0. The second-order valence-electron chi connectivity index (χ2n) is 28.3. The zero-order valence-electron chi connectivity index (χ0n) is 65.1. The molecule has 4 rings (SSSR count). The van der Waals surface area contributed by atoms with Gasteiger partial charge >= 0.3 is 5.97 Å². The summed E-state index contributed by atoms with van der Waals surface area (Å²) in [6.45, 7) is 0.769. The Morgan fingerprint density at radius 2 is 0.724 bits per heavy atom. The van der Waals surface area contributed by atoms with E-state index >= 15 is 9.59 Å². The molecule has 1 aromatic heterocycles. The number of amides is 13. The predicted octanol–water partition coefficient (Wildman–Crippen LogP) is -7.88. The number of phenolic OH excluding ortho intramolecular Hbond substituents is 2. The number of hydrogen-bond acceptors (Lipinski definition) is 26. The van der Waals surface area contributed by atoms with Gasteiger partial charge in [0.05, 0.1) is 45.2 Å². The number of aromatic amines is 1. The van der Waals surface area contributed by atoms with E-state index in [-0.39, 0.29) is 101 Å². The number of aromatic nitrogens is 1. The molecule has 0 bridgehead atoms. The minimum absolute atomic E-state index is 0.0298. The van der Waals surface area contributed by atoms with Crippen LogP contribution in [0.5, 0.6) is 11.5 Å². The fourth-order valence-electron chi connectivity index (χ4n) is 11.8. The summed E-state index contributed by atoms with van der Waals surface area (Å²) in [6, 6.07) is -3.37. The highest BCUT2D eigenvalue weighted by atomic mass is 16.4. The van der Waals surface area contributed by atoms with Gasteiger partial charge < -0.3 is 143 Å². The van der Waals surface area contributed by atoms with Crippen LogP contribution < -0.4 is 92.1 Å². The topological polar surface area (TPSA) is 697 Å². The van der Waals surface area contributed by atoms with E-state index in [1.807, 2.05) is 0 Å². The van der Waals surface area contributed by atoms with Crippen LogP contribution in [0.4, 0.5) is 0 Å². The third-order valence-corrected chi connectivity index (χ3v) is 18.4. The molecular formula is C75H114N18O23. The average molecular weight is 1640 g/mol. The van der Waals surface area contributed by atoms with Gasteiger partial charge in [-0.05, 0) is 151 Å². The van der Waals surface area contributed by atoms with E-state index in [0.29, 0.717) is 46.9 Å². The number of para-hydroxylation sites is 1. The van der Waals surface area contributed by atoms with Crippen molar-refractivity contribution >= 4 is 93.7 Å². The highest BCUT2D eigenvalue weighted by molar-refractivity contribution is 6.00. The lowest BCUT2D eigenvalue weighted by Crippen LogP contribution is -2.62. The van der Waals surface area contributed by atoms with Crippen LogP contribution in [0.25, 0.3) is 10.9 Å². The molecule has 15 atom stereocenters. The summed E-state index contributed by atoms with van der Waals surface area (Å²) in [5.41, 5.74) is 24.8. The second-order valence-corrected chi connectivity index (χ2v) is 28.3. The van der Waals surface area contributed by atoms with Crippen molar-refractivity contribution in [2.75, 3.05) is 52.6 Å². The second kappa shape index (κ2) is 50.4. The van der Waals surface area contributed by atoms with Crippen LogP contribution in [0.3, 0.4) is 0 Å². The maximum absolute atomic E-state index is 15.1. The van der Waals surface area contributed by atoms with Crippen molar-refractivity contribution in [1.82, 2.24) is 74.1 Å². The quantitative estimate of drug-likeness (QED) is 0.0183. The number of carboxylic acids is 1. The van der Waals surface area contributed by atoms with Crippen molar-refractivity contribution in [3.63, 3.8) is 0 Å². The van der Waals surface area contributed by atoms with Crippen LogP contribution >= 0.6 is 0 Å². The van der Waals surface area contributed by atoms with E-state index < -0.39 is 206 Å². The zero-order chi connectivity index (χ0) is 86.3. The molecule has 0 aliphatic heterocycles. The molecule has 0 fully saturated rings.